The Bertz CT molecular complexity index is 1250. The fraction of sp³-hybridized carbons (Fsp3) is 0.217. The lowest BCUT2D eigenvalue weighted by molar-refractivity contribution is -0.137. The number of aromatic nitrogens is 2. The van der Waals surface area contributed by atoms with Gasteiger partial charge in [0.25, 0.3) is 5.91 Å². The molecule has 0 bridgehead atoms. The predicted octanol–water partition coefficient (Wildman–Crippen LogP) is 4.61. The fourth-order valence-electron chi connectivity index (χ4n) is 3.29. The average molecular weight is 508 g/mol. The molecule has 1 saturated carbocycles. The Kier molecular flexibility index (Phi) is 6.62. The quantitative estimate of drug-likeness (QED) is 0.320. The molecule has 0 spiro atoms. The normalized spacial score (nSPS) is 14.2. The van der Waals surface area contributed by atoms with E-state index in [1.54, 1.807) is 0 Å². The number of carbonyl (C=O) groups is 2. The zero-order valence-corrected chi connectivity index (χ0v) is 18.7. The van der Waals surface area contributed by atoms with Crippen LogP contribution in [0.3, 0.4) is 0 Å². The van der Waals surface area contributed by atoms with Gasteiger partial charge in [0.2, 0.25) is 5.91 Å². The van der Waals surface area contributed by atoms with Crippen molar-refractivity contribution in [1.29, 1.82) is 0 Å². The van der Waals surface area contributed by atoms with Crippen LogP contribution < -0.4 is 16.0 Å². The molecular formula is C23H18ClF4N5O2. The number of pyridine rings is 2. The molecule has 0 saturated heterocycles. The van der Waals surface area contributed by atoms with Crippen LogP contribution >= 0.6 is 11.6 Å². The molecule has 3 N–H and O–H groups in total. The molecule has 1 fully saturated rings. The molecule has 0 radical (unpaired) electrons. The minimum absolute atomic E-state index is 0.0452. The monoisotopic (exact) mass is 507 g/mol. The van der Waals surface area contributed by atoms with Crippen molar-refractivity contribution in [3.8, 4) is 0 Å². The highest BCUT2D eigenvalue weighted by atomic mass is 35.5. The third-order valence-electron chi connectivity index (χ3n) is 5.35. The molecule has 182 valence electrons. The maximum Gasteiger partial charge on any atom is 0.418 e. The molecule has 3 aromatic rings. The van der Waals surface area contributed by atoms with Gasteiger partial charge in [-0.25, -0.2) is 9.37 Å². The average Bonchev–Trinajstić information content (AvgIpc) is 3.60. The number of anilines is 2. The lowest BCUT2D eigenvalue weighted by Gasteiger charge is -2.17. The van der Waals surface area contributed by atoms with Crippen LogP contribution in [0, 0.1) is 5.82 Å². The minimum Gasteiger partial charge on any atom is -0.354 e. The zero-order chi connectivity index (χ0) is 25.2. The Hall–Kier alpha value is -3.73. The second kappa shape index (κ2) is 9.49. The van der Waals surface area contributed by atoms with E-state index in [9.17, 15) is 27.2 Å². The number of hydrogen-bond acceptors (Lipinski definition) is 5. The molecule has 2 aromatic heterocycles. The van der Waals surface area contributed by atoms with Crippen LogP contribution in [0.25, 0.3) is 0 Å². The molecule has 4 rings (SSSR count). The first kappa shape index (κ1) is 24.4. The predicted molar refractivity (Wildman–Crippen MR) is 119 cm³/mol. The van der Waals surface area contributed by atoms with Gasteiger partial charge in [0.05, 0.1) is 40.9 Å². The van der Waals surface area contributed by atoms with Gasteiger partial charge in [-0.1, -0.05) is 11.6 Å². The molecule has 0 atom stereocenters. The highest BCUT2D eigenvalue weighted by Crippen LogP contribution is 2.37. The van der Waals surface area contributed by atoms with Gasteiger partial charge in [-0.3, -0.25) is 14.6 Å². The number of halogens is 5. The van der Waals surface area contributed by atoms with E-state index in [1.165, 1.54) is 36.7 Å². The van der Waals surface area contributed by atoms with Gasteiger partial charge in [-0.15, -0.1) is 0 Å². The van der Waals surface area contributed by atoms with E-state index in [2.05, 4.69) is 25.9 Å². The lowest BCUT2D eigenvalue weighted by atomic mass is 10.1. The van der Waals surface area contributed by atoms with Gasteiger partial charge < -0.3 is 16.0 Å². The summed E-state index contributed by atoms with van der Waals surface area (Å²) in [4.78, 5) is 33.0. The van der Waals surface area contributed by atoms with Crippen molar-refractivity contribution < 1.29 is 27.2 Å². The van der Waals surface area contributed by atoms with Crippen molar-refractivity contribution in [2.75, 3.05) is 5.32 Å². The van der Waals surface area contributed by atoms with Gasteiger partial charge in [-0.2, -0.15) is 13.2 Å². The van der Waals surface area contributed by atoms with Gasteiger partial charge in [0.1, 0.15) is 16.5 Å². The van der Waals surface area contributed by atoms with Crippen molar-refractivity contribution in [3.05, 3.63) is 82.6 Å². The van der Waals surface area contributed by atoms with E-state index in [0.29, 0.717) is 24.6 Å². The van der Waals surface area contributed by atoms with Crippen LogP contribution in [0.1, 0.15) is 34.5 Å². The first-order valence-electron chi connectivity index (χ1n) is 10.4. The number of amides is 2. The van der Waals surface area contributed by atoms with Gasteiger partial charge in [0.15, 0.2) is 0 Å². The van der Waals surface area contributed by atoms with Crippen LogP contribution in [-0.4, -0.2) is 27.3 Å². The molecule has 1 aromatic carbocycles. The molecule has 0 unspecified atom stereocenters. The molecule has 12 heteroatoms. The molecule has 0 aliphatic heterocycles. The molecule has 35 heavy (non-hydrogen) atoms. The van der Waals surface area contributed by atoms with Gasteiger partial charge in [0, 0.05) is 6.20 Å². The molecule has 1 aliphatic rings. The maximum absolute atomic E-state index is 13.3. The minimum atomic E-state index is -4.74. The van der Waals surface area contributed by atoms with Crippen molar-refractivity contribution in [3.63, 3.8) is 0 Å². The Labute approximate surface area is 201 Å². The molecule has 1 aliphatic carbocycles. The van der Waals surface area contributed by atoms with Crippen LogP contribution in [-0.2, 0) is 17.5 Å². The second-order valence-corrected chi connectivity index (χ2v) is 8.33. The SMILES string of the molecule is O=C(NC1(C(=O)NCc2ccc(Nc3ccc(F)cc3C(F)(F)F)cn2)CC1)c1ccc(Cl)nc1. The van der Waals surface area contributed by atoms with Crippen molar-refractivity contribution in [2.45, 2.75) is 31.1 Å². The molecule has 2 heterocycles. The Morgan fingerprint density at radius 1 is 1.03 bits per heavy atom. The Morgan fingerprint density at radius 2 is 1.80 bits per heavy atom. The van der Waals surface area contributed by atoms with Crippen molar-refractivity contribution in [1.82, 2.24) is 20.6 Å². The number of carbonyl (C=O) groups excluding carboxylic acids is 2. The van der Waals surface area contributed by atoms with Crippen LogP contribution in [0.5, 0.6) is 0 Å². The third-order valence-corrected chi connectivity index (χ3v) is 5.57. The summed E-state index contributed by atoms with van der Waals surface area (Å²) >= 11 is 5.72. The number of alkyl halides is 3. The summed E-state index contributed by atoms with van der Waals surface area (Å²) in [7, 11) is 0. The summed E-state index contributed by atoms with van der Waals surface area (Å²) in [5.41, 5.74) is -1.51. The van der Waals surface area contributed by atoms with Gasteiger partial charge in [-0.05, 0) is 55.3 Å². The smallest absolute Gasteiger partial charge is 0.354 e. The summed E-state index contributed by atoms with van der Waals surface area (Å²) in [6, 6.07) is 8.31. The summed E-state index contributed by atoms with van der Waals surface area (Å²) in [6.45, 7) is 0.0452. The summed E-state index contributed by atoms with van der Waals surface area (Å²) in [6.07, 6.45) is -1.18. The zero-order valence-electron chi connectivity index (χ0n) is 17.9. The summed E-state index contributed by atoms with van der Waals surface area (Å²) in [5.74, 6) is -1.83. The van der Waals surface area contributed by atoms with E-state index in [0.717, 1.165) is 12.1 Å². The Balaban J connectivity index is 1.34. The van der Waals surface area contributed by atoms with E-state index in [1.807, 2.05) is 0 Å². The highest BCUT2D eigenvalue weighted by molar-refractivity contribution is 6.29. The number of benzene rings is 1. The summed E-state index contributed by atoms with van der Waals surface area (Å²) in [5, 5.41) is 8.24. The Morgan fingerprint density at radius 3 is 2.40 bits per heavy atom. The largest absolute Gasteiger partial charge is 0.418 e. The number of nitrogens with zero attached hydrogens (tertiary/aromatic N) is 2. The molecular weight excluding hydrogens is 490 g/mol. The van der Waals surface area contributed by atoms with Crippen molar-refractivity contribution >= 4 is 34.8 Å². The first-order valence-corrected chi connectivity index (χ1v) is 10.7. The highest BCUT2D eigenvalue weighted by Gasteiger charge is 2.51. The number of hydrogen-bond donors (Lipinski definition) is 3. The molecule has 7 nitrogen and oxygen atoms in total. The maximum atomic E-state index is 13.3. The second-order valence-electron chi connectivity index (χ2n) is 7.94. The third kappa shape index (κ3) is 5.86. The number of rotatable bonds is 7. The molecule has 2 amide bonds. The summed E-state index contributed by atoms with van der Waals surface area (Å²) < 4.78 is 52.8. The van der Waals surface area contributed by atoms with Crippen LogP contribution in [0.2, 0.25) is 5.15 Å². The van der Waals surface area contributed by atoms with Crippen LogP contribution in [0.4, 0.5) is 28.9 Å². The number of nitrogens with one attached hydrogen (secondary N) is 3. The topological polar surface area (TPSA) is 96.0 Å². The standard InChI is InChI=1S/C23H18ClF4N5O2/c24-19-6-1-13(10-30-19)20(34)33-22(7-8-22)21(35)31-11-15-3-4-16(12-29-15)32-18-5-2-14(25)9-17(18)23(26,27)28/h1-6,9-10,12,32H,7-8,11H2,(H,31,35)(H,33,34). The van der Waals surface area contributed by atoms with E-state index >= 15 is 0 Å². The van der Waals surface area contributed by atoms with E-state index < -0.39 is 29.0 Å². The van der Waals surface area contributed by atoms with Crippen LogP contribution in [0.15, 0.2) is 54.9 Å². The van der Waals surface area contributed by atoms with Gasteiger partial charge >= 0.3 is 6.18 Å². The van der Waals surface area contributed by atoms with Crippen molar-refractivity contribution in [2.24, 2.45) is 0 Å². The van der Waals surface area contributed by atoms with E-state index in [-0.39, 0.29) is 34.5 Å². The fourth-order valence-corrected chi connectivity index (χ4v) is 3.40. The van der Waals surface area contributed by atoms with E-state index in [4.69, 9.17) is 11.6 Å². The first-order chi connectivity index (χ1) is 16.6. The lowest BCUT2D eigenvalue weighted by Crippen LogP contribution is -2.48.